The minimum Gasteiger partial charge on any atom is -0.444 e. The van der Waals surface area contributed by atoms with Gasteiger partial charge in [-0.05, 0) is 51.5 Å². The molecule has 9 heteroatoms. The van der Waals surface area contributed by atoms with Gasteiger partial charge in [-0.25, -0.2) is 4.79 Å². The van der Waals surface area contributed by atoms with Crippen molar-refractivity contribution in [3.63, 3.8) is 0 Å². The summed E-state index contributed by atoms with van der Waals surface area (Å²) in [6.07, 6.45) is -0.575. The Kier molecular flexibility index (Phi) is 8.08. The Balaban J connectivity index is 2.17. The van der Waals surface area contributed by atoms with Gasteiger partial charge in [-0.1, -0.05) is 57.9 Å². The van der Waals surface area contributed by atoms with E-state index in [9.17, 15) is 14.4 Å². The van der Waals surface area contributed by atoms with Crippen LogP contribution in [0.4, 0.5) is 4.79 Å². The maximum Gasteiger partial charge on any atom is 0.408 e. The quantitative estimate of drug-likeness (QED) is 0.520. The van der Waals surface area contributed by atoms with Crippen molar-refractivity contribution in [2.45, 2.75) is 45.3 Å². The van der Waals surface area contributed by atoms with Gasteiger partial charge in [-0.3, -0.25) is 20.4 Å². The molecular weight excluding hydrogens is 486 g/mol. The fraction of sp³-hybridized carbons (Fsp3) is 0.318. The van der Waals surface area contributed by atoms with Gasteiger partial charge in [0.1, 0.15) is 11.1 Å². The first-order valence-electron chi connectivity index (χ1n) is 9.50. The van der Waals surface area contributed by atoms with E-state index in [0.717, 1.165) is 5.56 Å². The van der Waals surface area contributed by atoms with Gasteiger partial charge < -0.3 is 10.1 Å². The SMILES string of the molecule is CC(C)(C)OC(=O)N[C@](C)(Cc1ccccc1)C(=O)NNC(=O)c1cc(Br)ccc1Cl. The lowest BCUT2D eigenvalue weighted by Gasteiger charge is -2.31. The maximum absolute atomic E-state index is 13.0. The van der Waals surface area contributed by atoms with Gasteiger partial charge in [-0.2, -0.15) is 0 Å². The number of benzene rings is 2. The predicted molar refractivity (Wildman–Crippen MR) is 123 cm³/mol. The number of carbonyl (C=O) groups is 3. The fourth-order valence-electron chi connectivity index (χ4n) is 2.70. The lowest BCUT2D eigenvalue weighted by Crippen LogP contribution is -2.61. The van der Waals surface area contributed by atoms with E-state index < -0.39 is 29.0 Å². The molecule has 0 aliphatic carbocycles. The van der Waals surface area contributed by atoms with Gasteiger partial charge in [0.05, 0.1) is 10.6 Å². The Labute approximate surface area is 195 Å². The standard InChI is InChI=1S/C22H25BrClN3O4/c1-21(2,3)31-20(30)25-22(4,13-14-8-6-5-7-9-14)19(29)27-26-18(28)16-12-15(23)10-11-17(16)24/h5-12H,13H2,1-4H3,(H,25,30)(H,26,28)(H,27,29)/t22-/m1/s1. The maximum atomic E-state index is 13.0. The first kappa shape index (κ1) is 24.7. The van der Waals surface area contributed by atoms with Crippen LogP contribution in [-0.2, 0) is 16.0 Å². The van der Waals surface area contributed by atoms with Gasteiger partial charge in [0.2, 0.25) is 0 Å². The molecule has 0 bridgehead atoms. The third-order valence-electron chi connectivity index (χ3n) is 4.14. The van der Waals surface area contributed by atoms with E-state index in [1.54, 1.807) is 39.8 Å². The second-order valence-corrected chi connectivity index (χ2v) is 9.48. The molecule has 2 aromatic carbocycles. The van der Waals surface area contributed by atoms with Gasteiger partial charge in [0.15, 0.2) is 0 Å². The number of alkyl carbamates (subject to hydrolysis) is 1. The molecule has 0 spiro atoms. The fourth-order valence-corrected chi connectivity index (χ4v) is 3.27. The minimum atomic E-state index is -1.40. The van der Waals surface area contributed by atoms with Gasteiger partial charge in [0, 0.05) is 10.9 Å². The summed E-state index contributed by atoms with van der Waals surface area (Å²) < 4.78 is 5.97. The smallest absolute Gasteiger partial charge is 0.408 e. The summed E-state index contributed by atoms with van der Waals surface area (Å²) in [5, 5.41) is 2.85. The molecule has 0 saturated heterocycles. The largest absolute Gasteiger partial charge is 0.444 e. The number of rotatable bonds is 5. The van der Waals surface area contributed by atoms with Crippen LogP contribution >= 0.6 is 27.5 Å². The highest BCUT2D eigenvalue weighted by atomic mass is 79.9. The molecule has 2 rings (SSSR count). The van der Waals surface area contributed by atoms with Crippen LogP contribution in [0.25, 0.3) is 0 Å². The molecule has 2 aromatic rings. The molecule has 0 aliphatic heterocycles. The van der Waals surface area contributed by atoms with Crippen LogP contribution in [0.15, 0.2) is 53.0 Å². The van der Waals surface area contributed by atoms with Crippen LogP contribution in [0.1, 0.15) is 43.6 Å². The monoisotopic (exact) mass is 509 g/mol. The molecule has 166 valence electrons. The van der Waals surface area contributed by atoms with Gasteiger partial charge >= 0.3 is 6.09 Å². The number of hydrazine groups is 1. The number of amides is 3. The molecule has 31 heavy (non-hydrogen) atoms. The van der Waals surface area contributed by atoms with Gasteiger partial charge in [0.25, 0.3) is 11.8 Å². The number of nitrogens with one attached hydrogen (secondary N) is 3. The van der Waals surface area contributed by atoms with E-state index >= 15 is 0 Å². The summed E-state index contributed by atoms with van der Waals surface area (Å²) in [5.74, 6) is -1.22. The second kappa shape index (κ2) is 10.2. The normalized spacial score (nSPS) is 13.0. The number of halogens is 2. The van der Waals surface area contributed by atoms with Crippen LogP contribution in [0, 0.1) is 0 Å². The first-order valence-corrected chi connectivity index (χ1v) is 10.7. The summed E-state index contributed by atoms with van der Waals surface area (Å²) >= 11 is 9.34. The molecule has 1 atom stereocenters. The summed E-state index contributed by atoms with van der Waals surface area (Å²) in [6.45, 7) is 6.73. The Morgan fingerprint density at radius 3 is 2.26 bits per heavy atom. The zero-order valence-corrected chi connectivity index (χ0v) is 20.1. The number of hydrogen-bond acceptors (Lipinski definition) is 4. The molecule has 0 unspecified atom stereocenters. The van der Waals surface area contributed by atoms with Crippen molar-refractivity contribution in [1.29, 1.82) is 0 Å². The van der Waals surface area contributed by atoms with Crippen molar-refractivity contribution in [2.24, 2.45) is 0 Å². The van der Waals surface area contributed by atoms with Crippen molar-refractivity contribution in [3.8, 4) is 0 Å². The van der Waals surface area contributed by atoms with Crippen molar-refractivity contribution in [1.82, 2.24) is 16.2 Å². The average molecular weight is 511 g/mol. The van der Waals surface area contributed by atoms with Crippen LogP contribution in [-0.4, -0.2) is 29.0 Å². The highest BCUT2D eigenvalue weighted by Crippen LogP contribution is 2.21. The van der Waals surface area contributed by atoms with E-state index in [0.29, 0.717) is 4.47 Å². The van der Waals surface area contributed by atoms with Crippen LogP contribution in [0.5, 0.6) is 0 Å². The van der Waals surface area contributed by atoms with Crippen molar-refractivity contribution >= 4 is 45.4 Å². The van der Waals surface area contributed by atoms with Gasteiger partial charge in [-0.15, -0.1) is 0 Å². The lowest BCUT2D eigenvalue weighted by atomic mass is 9.92. The van der Waals surface area contributed by atoms with Crippen LogP contribution < -0.4 is 16.2 Å². The zero-order chi connectivity index (χ0) is 23.2. The number of ether oxygens (including phenoxy) is 1. The third kappa shape index (κ3) is 7.56. The van der Waals surface area contributed by atoms with E-state index in [-0.39, 0.29) is 17.0 Å². The summed E-state index contributed by atoms with van der Waals surface area (Å²) in [4.78, 5) is 37.9. The first-order chi connectivity index (χ1) is 14.4. The Bertz CT molecular complexity index is 963. The topological polar surface area (TPSA) is 96.5 Å². The molecule has 0 heterocycles. The van der Waals surface area contributed by atoms with E-state index in [4.69, 9.17) is 16.3 Å². The van der Waals surface area contributed by atoms with E-state index in [2.05, 4.69) is 32.1 Å². The van der Waals surface area contributed by atoms with Crippen molar-refractivity contribution in [3.05, 3.63) is 69.2 Å². The average Bonchev–Trinajstić information content (AvgIpc) is 2.66. The molecule has 0 radical (unpaired) electrons. The Hall–Kier alpha value is -2.58. The van der Waals surface area contributed by atoms with E-state index in [1.165, 1.54) is 6.07 Å². The minimum absolute atomic E-state index is 0.173. The van der Waals surface area contributed by atoms with Crippen LogP contribution in [0.2, 0.25) is 5.02 Å². The summed E-state index contributed by atoms with van der Waals surface area (Å²) in [6, 6.07) is 14.0. The highest BCUT2D eigenvalue weighted by molar-refractivity contribution is 9.10. The van der Waals surface area contributed by atoms with Crippen molar-refractivity contribution < 1.29 is 19.1 Å². The lowest BCUT2D eigenvalue weighted by molar-refractivity contribution is -0.127. The third-order valence-corrected chi connectivity index (χ3v) is 4.96. The predicted octanol–water partition coefficient (Wildman–Crippen LogP) is 4.39. The highest BCUT2D eigenvalue weighted by Gasteiger charge is 2.37. The Morgan fingerprint density at radius 1 is 1.00 bits per heavy atom. The molecule has 7 nitrogen and oxygen atoms in total. The molecule has 0 fully saturated rings. The Morgan fingerprint density at radius 2 is 1.65 bits per heavy atom. The molecule has 3 amide bonds. The molecule has 3 N–H and O–H groups in total. The van der Waals surface area contributed by atoms with Crippen LogP contribution in [0.3, 0.4) is 0 Å². The van der Waals surface area contributed by atoms with E-state index in [1.807, 2.05) is 30.3 Å². The summed E-state index contributed by atoms with van der Waals surface area (Å²) in [7, 11) is 0. The molecule has 0 aromatic heterocycles. The molecule has 0 saturated carbocycles. The zero-order valence-electron chi connectivity index (χ0n) is 17.7. The summed E-state index contributed by atoms with van der Waals surface area (Å²) in [5.41, 5.74) is 3.58. The number of carbonyl (C=O) groups excluding carboxylic acids is 3. The second-order valence-electron chi connectivity index (χ2n) is 8.15. The van der Waals surface area contributed by atoms with Crippen molar-refractivity contribution in [2.75, 3.05) is 0 Å². The number of hydrogen-bond donors (Lipinski definition) is 3. The molecular formula is C22H25BrClN3O4. The molecule has 0 aliphatic rings.